The lowest BCUT2D eigenvalue weighted by Gasteiger charge is -2.36. The van der Waals surface area contributed by atoms with Crippen LogP contribution in [0.1, 0.15) is 23.3 Å². The number of piperidine rings is 1. The van der Waals surface area contributed by atoms with Crippen molar-refractivity contribution < 1.29 is 9.59 Å². The Morgan fingerprint density at radius 2 is 1.92 bits per heavy atom. The summed E-state index contributed by atoms with van der Waals surface area (Å²) in [6.45, 7) is 2.17. The third-order valence-electron chi connectivity index (χ3n) is 4.29. The van der Waals surface area contributed by atoms with Gasteiger partial charge in [0.1, 0.15) is 11.2 Å². The maximum absolute atomic E-state index is 12.8. The van der Waals surface area contributed by atoms with E-state index in [2.05, 4.69) is 31.0 Å². The Kier molecular flexibility index (Phi) is 7.05. The van der Waals surface area contributed by atoms with Gasteiger partial charge in [-0.2, -0.15) is 5.10 Å². The SMILES string of the molecule is Cl.O=C(NCCNC(=O)C1(n2cccn2)CCNCC1)c1cnccn1. The van der Waals surface area contributed by atoms with Crippen LogP contribution in [-0.4, -0.2) is 57.7 Å². The van der Waals surface area contributed by atoms with E-state index in [1.54, 1.807) is 10.9 Å². The highest BCUT2D eigenvalue weighted by atomic mass is 35.5. The summed E-state index contributed by atoms with van der Waals surface area (Å²) in [5.41, 5.74) is -0.427. The van der Waals surface area contributed by atoms with E-state index in [0.717, 1.165) is 13.1 Å². The van der Waals surface area contributed by atoms with Gasteiger partial charge in [-0.3, -0.25) is 19.3 Å². The number of hydrogen-bond acceptors (Lipinski definition) is 6. The second-order valence-electron chi connectivity index (χ2n) is 5.83. The van der Waals surface area contributed by atoms with Crippen molar-refractivity contribution >= 4 is 24.2 Å². The van der Waals surface area contributed by atoms with Crippen molar-refractivity contribution in [2.24, 2.45) is 0 Å². The van der Waals surface area contributed by atoms with Crippen molar-refractivity contribution in [1.29, 1.82) is 0 Å². The molecule has 1 aliphatic rings. The Balaban J connectivity index is 0.00000243. The van der Waals surface area contributed by atoms with Crippen LogP contribution in [0, 0.1) is 0 Å². The number of halogens is 1. The Hall–Kier alpha value is -2.52. The maximum Gasteiger partial charge on any atom is 0.271 e. The fraction of sp³-hybridized carbons (Fsp3) is 0.438. The maximum atomic E-state index is 12.8. The van der Waals surface area contributed by atoms with E-state index in [9.17, 15) is 9.59 Å². The summed E-state index contributed by atoms with van der Waals surface area (Å²) >= 11 is 0. The minimum atomic E-state index is -0.677. The highest BCUT2D eigenvalue weighted by molar-refractivity contribution is 5.91. The normalized spacial score (nSPS) is 15.5. The number of aromatic nitrogens is 4. The van der Waals surface area contributed by atoms with Gasteiger partial charge in [0.2, 0.25) is 5.91 Å². The van der Waals surface area contributed by atoms with Crippen molar-refractivity contribution in [3.63, 3.8) is 0 Å². The molecule has 0 bridgehead atoms. The number of carbonyl (C=O) groups is 2. The molecule has 140 valence electrons. The number of rotatable bonds is 6. The van der Waals surface area contributed by atoms with E-state index in [1.807, 2.05) is 12.3 Å². The number of carbonyl (C=O) groups excluding carboxylic acids is 2. The molecule has 3 heterocycles. The predicted octanol–water partition coefficient (Wildman–Crippen LogP) is -0.280. The summed E-state index contributed by atoms with van der Waals surface area (Å²) in [5, 5.41) is 13.2. The second-order valence-corrected chi connectivity index (χ2v) is 5.83. The van der Waals surface area contributed by atoms with Crippen LogP contribution in [0.5, 0.6) is 0 Å². The largest absolute Gasteiger partial charge is 0.352 e. The third-order valence-corrected chi connectivity index (χ3v) is 4.29. The molecule has 0 saturated carbocycles. The first kappa shape index (κ1) is 19.8. The van der Waals surface area contributed by atoms with Crippen LogP contribution in [-0.2, 0) is 10.3 Å². The van der Waals surface area contributed by atoms with Gasteiger partial charge in [0, 0.05) is 37.9 Å². The topological polar surface area (TPSA) is 114 Å². The van der Waals surface area contributed by atoms with Crippen LogP contribution in [0.4, 0.5) is 0 Å². The van der Waals surface area contributed by atoms with Gasteiger partial charge in [-0.15, -0.1) is 12.4 Å². The first-order chi connectivity index (χ1) is 12.2. The summed E-state index contributed by atoms with van der Waals surface area (Å²) in [6, 6.07) is 1.82. The molecule has 0 aliphatic carbocycles. The first-order valence-electron chi connectivity index (χ1n) is 8.26. The standard InChI is InChI=1S/C16H21N7O2.ClH/c24-14(13-12-18-7-8-19-13)20-9-10-21-15(25)16(2-5-17-6-3-16)23-11-1-4-22-23;/h1,4,7-8,11-12,17H,2-3,5-6,9-10H2,(H,20,24)(H,21,25);1H. The Labute approximate surface area is 157 Å². The Morgan fingerprint density at radius 3 is 2.58 bits per heavy atom. The molecule has 0 unspecified atom stereocenters. The smallest absolute Gasteiger partial charge is 0.271 e. The molecular weight excluding hydrogens is 358 g/mol. The van der Waals surface area contributed by atoms with E-state index < -0.39 is 5.54 Å². The van der Waals surface area contributed by atoms with Crippen LogP contribution < -0.4 is 16.0 Å². The molecule has 0 spiro atoms. The average Bonchev–Trinajstić information content (AvgIpc) is 3.21. The Morgan fingerprint density at radius 1 is 1.15 bits per heavy atom. The number of amides is 2. The van der Waals surface area contributed by atoms with Crippen LogP contribution in [0.15, 0.2) is 37.1 Å². The third kappa shape index (κ3) is 4.36. The number of nitrogens with one attached hydrogen (secondary N) is 3. The summed E-state index contributed by atoms with van der Waals surface area (Å²) in [4.78, 5) is 32.5. The molecule has 2 aromatic heterocycles. The average molecular weight is 380 g/mol. The van der Waals surface area contributed by atoms with Gasteiger partial charge in [-0.05, 0) is 32.0 Å². The van der Waals surface area contributed by atoms with E-state index in [1.165, 1.54) is 18.6 Å². The van der Waals surface area contributed by atoms with E-state index in [0.29, 0.717) is 25.9 Å². The molecule has 3 N–H and O–H groups in total. The monoisotopic (exact) mass is 379 g/mol. The highest BCUT2D eigenvalue weighted by Gasteiger charge is 2.41. The summed E-state index contributed by atoms with van der Waals surface area (Å²) < 4.78 is 1.74. The molecule has 0 atom stereocenters. The lowest BCUT2D eigenvalue weighted by molar-refractivity contribution is -0.131. The van der Waals surface area contributed by atoms with Crippen molar-refractivity contribution in [2.45, 2.75) is 18.4 Å². The molecular formula is C16H22ClN7O2. The van der Waals surface area contributed by atoms with E-state index in [-0.39, 0.29) is 29.9 Å². The Bertz CT molecular complexity index is 703. The predicted molar refractivity (Wildman–Crippen MR) is 96.9 cm³/mol. The molecule has 0 radical (unpaired) electrons. The molecule has 9 nitrogen and oxygen atoms in total. The quantitative estimate of drug-likeness (QED) is 0.595. The fourth-order valence-corrected chi connectivity index (χ4v) is 2.95. The van der Waals surface area contributed by atoms with Crippen LogP contribution in [0.25, 0.3) is 0 Å². The lowest BCUT2D eigenvalue weighted by Crippen LogP contribution is -2.55. The molecule has 2 aromatic rings. The minimum absolute atomic E-state index is 0. The van der Waals surface area contributed by atoms with Gasteiger partial charge in [0.05, 0.1) is 6.20 Å². The molecule has 2 amide bonds. The fourth-order valence-electron chi connectivity index (χ4n) is 2.95. The molecule has 10 heteroatoms. The van der Waals surface area contributed by atoms with E-state index >= 15 is 0 Å². The second kappa shape index (κ2) is 9.25. The molecule has 3 rings (SSSR count). The molecule has 1 fully saturated rings. The zero-order valence-corrected chi connectivity index (χ0v) is 15.0. The van der Waals surface area contributed by atoms with Crippen molar-refractivity contribution in [1.82, 2.24) is 35.7 Å². The van der Waals surface area contributed by atoms with Crippen molar-refractivity contribution in [3.8, 4) is 0 Å². The molecule has 0 aromatic carbocycles. The number of hydrogen-bond donors (Lipinski definition) is 3. The van der Waals surface area contributed by atoms with Crippen LogP contribution in [0.2, 0.25) is 0 Å². The molecule has 26 heavy (non-hydrogen) atoms. The van der Waals surface area contributed by atoms with Crippen LogP contribution in [0.3, 0.4) is 0 Å². The van der Waals surface area contributed by atoms with Gasteiger partial charge >= 0.3 is 0 Å². The van der Waals surface area contributed by atoms with Crippen molar-refractivity contribution in [3.05, 3.63) is 42.7 Å². The lowest BCUT2D eigenvalue weighted by atomic mass is 9.87. The number of nitrogens with zero attached hydrogens (tertiary/aromatic N) is 4. The highest BCUT2D eigenvalue weighted by Crippen LogP contribution is 2.26. The molecule has 1 saturated heterocycles. The van der Waals surface area contributed by atoms with Gasteiger partial charge < -0.3 is 16.0 Å². The van der Waals surface area contributed by atoms with E-state index in [4.69, 9.17) is 0 Å². The summed E-state index contributed by atoms with van der Waals surface area (Å²) in [6.07, 6.45) is 9.21. The van der Waals surface area contributed by atoms with Crippen molar-refractivity contribution in [2.75, 3.05) is 26.2 Å². The zero-order valence-electron chi connectivity index (χ0n) is 14.2. The van der Waals surface area contributed by atoms with Gasteiger partial charge in [0.15, 0.2) is 0 Å². The summed E-state index contributed by atoms with van der Waals surface area (Å²) in [5.74, 6) is -0.391. The van der Waals surface area contributed by atoms with Gasteiger partial charge in [-0.1, -0.05) is 0 Å². The minimum Gasteiger partial charge on any atom is -0.352 e. The van der Waals surface area contributed by atoms with Crippen LogP contribution >= 0.6 is 12.4 Å². The summed E-state index contributed by atoms with van der Waals surface area (Å²) in [7, 11) is 0. The molecule has 1 aliphatic heterocycles. The van der Waals surface area contributed by atoms with Gasteiger partial charge in [0.25, 0.3) is 5.91 Å². The van der Waals surface area contributed by atoms with Gasteiger partial charge in [-0.25, -0.2) is 4.98 Å². The zero-order chi connectivity index (χ0) is 17.5. The first-order valence-corrected chi connectivity index (χ1v) is 8.26.